The lowest BCUT2D eigenvalue weighted by Gasteiger charge is -2.31. The smallest absolute Gasteiger partial charge is 0.222 e. The summed E-state index contributed by atoms with van der Waals surface area (Å²) >= 11 is 0. The number of hydrogen-bond donors (Lipinski definition) is 1. The number of hydrogen-bond acceptors (Lipinski definition) is 6. The van der Waals surface area contributed by atoms with Crippen LogP contribution in [0.3, 0.4) is 0 Å². The van der Waals surface area contributed by atoms with Gasteiger partial charge in [-0.2, -0.15) is 4.89 Å². The van der Waals surface area contributed by atoms with Crippen molar-refractivity contribution in [3.63, 3.8) is 0 Å². The fourth-order valence-electron chi connectivity index (χ4n) is 1.62. The third-order valence-electron chi connectivity index (χ3n) is 2.57. The summed E-state index contributed by atoms with van der Waals surface area (Å²) in [6, 6.07) is 9.07. The van der Waals surface area contributed by atoms with Crippen molar-refractivity contribution in [2.75, 3.05) is 6.79 Å². The minimum Gasteiger partial charge on any atom is -0.335 e. The lowest BCUT2D eigenvalue weighted by Crippen LogP contribution is -2.41. The molecule has 2 unspecified atom stereocenters. The van der Waals surface area contributed by atoms with Gasteiger partial charge in [-0.25, -0.2) is 15.0 Å². The van der Waals surface area contributed by atoms with Gasteiger partial charge in [0.05, 0.1) is 0 Å². The van der Waals surface area contributed by atoms with Crippen molar-refractivity contribution in [3.05, 3.63) is 35.9 Å². The van der Waals surface area contributed by atoms with E-state index in [1.54, 1.807) is 26.0 Å². The zero-order valence-corrected chi connectivity index (χ0v) is 10.2. The van der Waals surface area contributed by atoms with Crippen molar-refractivity contribution in [2.24, 2.45) is 0 Å². The molecule has 0 aliphatic carbocycles. The van der Waals surface area contributed by atoms with Crippen LogP contribution in [0.15, 0.2) is 30.3 Å². The van der Waals surface area contributed by atoms with E-state index in [4.69, 9.17) is 19.6 Å². The van der Waals surface area contributed by atoms with Crippen LogP contribution >= 0.6 is 0 Å². The maximum Gasteiger partial charge on any atom is 0.222 e. The second-order valence-corrected chi connectivity index (χ2v) is 4.40. The Bertz CT molecular complexity index is 360. The van der Waals surface area contributed by atoms with Gasteiger partial charge in [-0.05, 0) is 13.8 Å². The second kappa shape index (κ2) is 5.75. The number of ether oxygens (including phenoxy) is 2. The van der Waals surface area contributed by atoms with Crippen molar-refractivity contribution in [1.29, 1.82) is 0 Å². The molecule has 1 saturated heterocycles. The third kappa shape index (κ3) is 3.05. The molecule has 0 spiro atoms. The number of rotatable bonds is 5. The van der Waals surface area contributed by atoms with E-state index in [9.17, 15) is 0 Å². The molecule has 1 aromatic rings. The first-order chi connectivity index (χ1) is 8.63. The molecule has 0 aromatic heterocycles. The average molecular weight is 256 g/mol. The van der Waals surface area contributed by atoms with Gasteiger partial charge < -0.3 is 9.47 Å². The molecular weight excluding hydrogens is 240 g/mol. The topological polar surface area (TPSA) is 66.4 Å². The highest BCUT2D eigenvalue weighted by molar-refractivity contribution is 5.16. The highest BCUT2D eigenvalue weighted by atomic mass is 17.3. The van der Waals surface area contributed by atoms with E-state index in [0.717, 1.165) is 0 Å². The van der Waals surface area contributed by atoms with Crippen LogP contribution < -0.4 is 0 Å². The summed E-state index contributed by atoms with van der Waals surface area (Å²) in [5.74, 6) is 0. The SMILES string of the molecule is CC(C)(OC(OO)c1ccccc1)C1OCOO1. The standard InChI is InChI=1S/C12H16O6/c1-12(2,11-14-8-15-18-11)16-10(17-13)9-6-4-3-5-7-9/h3-7,10-11,13H,8H2,1-2H3. The molecule has 1 aromatic carbocycles. The molecule has 0 saturated carbocycles. The van der Waals surface area contributed by atoms with E-state index in [1.807, 2.05) is 18.2 Å². The Kier molecular flexibility index (Phi) is 4.28. The van der Waals surface area contributed by atoms with Crippen LogP contribution in [0.4, 0.5) is 0 Å². The Balaban J connectivity index is 2.05. The molecule has 100 valence electrons. The predicted octanol–water partition coefficient (Wildman–Crippen LogP) is 2.23. The van der Waals surface area contributed by atoms with E-state index in [2.05, 4.69) is 9.78 Å². The van der Waals surface area contributed by atoms with Crippen molar-refractivity contribution in [2.45, 2.75) is 32.0 Å². The van der Waals surface area contributed by atoms with Gasteiger partial charge >= 0.3 is 0 Å². The van der Waals surface area contributed by atoms with Crippen molar-refractivity contribution >= 4 is 0 Å². The summed E-state index contributed by atoms with van der Waals surface area (Å²) in [7, 11) is 0. The van der Waals surface area contributed by atoms with Crippen LogP contribution in [0.1, 0.15) is 25.7 Å². The van der Waals surface area contributed by atoms with Gasteiger partial charge in [-0.1, -0.05) is 30.3 Å². The fraction of sp³-hybridized carbons (Fsp3) is 0.500. The third-order valence-corrected chi connectivity index (χ3v) is 2.57. The highest BCUT2D eigenvalue weighted by Gasteiger charge is 2.39. The Labute approximate surface area is 105 Å². The second-order valence-electron chi connectivity index (χ2n) is 4.40. The Morgan fingerprint density at radius 2 is 2.06 bits per heavy atom. The summed E-state index contributed by atoms with van der Waals surface area (Å²) in [5.41, 5.74) is -0.160. The molecule has 0 bridgehead atoms. The van der Waals surface area contributed by atoms with Crippen LogP contribution in [-0.4, -0.2) is 23.9 Å². The van der Waals surface area contributed by atoms with Gasteiger partial charge in [0.15, 0.2) is 6.79 Å². The minimum absolute atomic E-state index is 0.0491. The molecule has 1 heterocycles. The molecule has 2 rings (SSSR count). The monoisotopic (exact) mass is 256 g/mol. The van der Waals surface area contributed by atoms with Crippen LogP contribution in [0, 0.1) is 0 Å². The van der Waals surface area contributed by atoms with Crippen LogP contribution in [-0.2, 0) is 24.1 Å². The van der Waals surface area contributed by atoms with Crippen LogP contribution in [0.25, 0.3) is 0 Å². The fourth-order valence-corrected chi connectivity index (χ4v) is 1.62. The van der Waals surface area contributed by atoms with Crippen molar-refractivity contribution < 1.29 is 29.4 Å². The Morgan fingerprint density at radius 3 is 2.61 bits per heavy atom. The molecule has 1 N–H and O–H groups in total. The quantitative estimate of drug-likeness (QED) is 0.495. The zero-order valence-electron chi connectivity index (χ0n) is 10.2. The van der Waals surface area contributed by atoms with E-state index in [1.165, 1.54) is 0 Å². The summed E-state index contributed by atoms with van der Waals surface area (Å²) < 4.78 is 10.8. The largest absolute Gasteiger partial charge is 0.335 e. The maximum absolute atomic E-state index is 8.95. The van der Waals surface area contributed by atoms with Crippen molar-refractivity contribution in [1.82, 2.24) is 0 Å². The maximum atomic E-state index is 8.95. The molecule has 1 aliphatic rings. The molecule has 6 nitrogen and oxygen atoms in total. The van der Waals surface area contributed by atoms with Gasteiger partial charge in [-0.3, -0.25) is 0 Å². The van der Waals surface area contributed by atoms with Crippen molar-refractivity contribution in [3.8, 4) is 0 Å². The van der Waals surface area contributed by atoms with Gasteiger partial charge in [0.2, 0.25) is 12.6 Å². The summed E-state index contributed by atoms with van der Waals surface area (Å²) in [5, 5.41) is 8.95. The molecule has 6 heteroatoms. The Morgan fingerprint density at radius 1 is 1.33 bits per heavy atom. The highest BCUT2D eigenvalue weighted by Crippen LogP contribution is 2.30. The number of benzene rings is 1. The van der Waals surface area contributed by atoms with Gasteiger partial charge in [0, 0.05) is 5.56 Å². The van der Waals surface area contributed by atoms with E-state index in [0.29, 0.717) is 5.56 Å². The molecule has 1 aliphatic heterocycles. The first-order valence-corrected chi connectivity index (χ1v) is 5.56. The average Bonchev–Trinajstić information content (AvgIpc) is 2.92. The summed E-state index contributed by atoms with van der Waals surface area (Å²) in [4.78, 5) is 13.9. The first-order valence-electron chi connectivity index (χ1n) is 5.56. The normalized spacial score (nSPS) is 22.1. The van der Waals surface area contributed by atoms with Crippen LogP contribution in [0.2, 0.25) is 0 Å². The van der Waals surface area contributed by atoms with E-state index >= 15 is 0 Å². The Hall–Kier alpha value is -1.02. The van der Waals surface area contributed by atoms with Crippen LogP contribution in [0.5, 0.6) is 0 Å². The van der Waals surface area contributed by atoms with Gasteiger partial charge in [0.25, 0.3) is 0 Å². The predicted molar refractivity (Wildman–Crippen MR) is 60.0 cm³/mol. The molecule has 2 atom stereocenters. The van der Waals surface area contributed by atoms with E-state index < -0.39 is 18.2 Å². The molecular formula is C12H16O6. The summed E-state index contributed by atoms with van der Waals surface area (Å²) in [6.45, 7) is 3.55. The molecule has 18 heavy (non-hydrogen) atoms. The summed E-state index contributed by atoms with van der Waals surface area (Å²) in [6.07, 6.45) is -1.60. The van der Waals surface area contributed by atoms with E-state index in [-0.39, 0.29) is 6.79 Å². The minimum atomic E-state index is -0.922. The molecule has 1 fully saturated rings. The lowest BCUT2D eigenvalue weighted by molar-refractivity contribution is -0.394. The van der Waals surface area contributed by atoms with Gasteiger partial charge in [0.1, 0.15) is 5.60 Å². The zero-order chi connectivity index (χ0) is 13.0. The van der Waals surface area contributed by atoms with Gasteiger partial charge in [-0.15, -0.1) is 0 Å². The molecule has 0 radical (unpaired) electrons. The first kappa shape index (κ1) is 13.4. The lowest BCUT2D eigenvalue weighted by atomic mass is 10.1. The molecule has 0 amide bonds.